The first-order valence-corrected chi connectivity index (χ1v) is 16.2. The smallest absolute Gasteiger partial charge is 0.0582 e. The minimum Gasteiger partial charge on any atom is -0.309 e. The molecule has 2 aliphatic carbocycles. The summed E-state index contributed by atoms with van der Waals surface area (Å²) in [5.74, 6) is 0. The molecule has 1 heterocycles. The van der Waals surface area contributed by atoms with E-state index in [0.29, 0.717) is 0 Å². The highest BCUT2D eigenvalue weighted by Crippen LogP contribution is 2.49. The lowest BCUT2D eigenvalue weighted by molar-refractivity contribution is 1.16. The van der Waals surface area contributed by atoms with E-state index in [-0.39, 0.29) is 0 Å². The van der Waals surface area contributed by atoms with Gasteiger partial charge >= 0.3 is 0 Å². The molecule has 0 bridgehead atoms. The fourth-order valence-electron chi connectivity index (χ4n) is 8.55. The first kappa shape index (κ1) is 24.4. The zero-order chi connectivity index (χ0) is 29.9. The molecular weight excluding hydrogens is 555 g/mol. The van der Waals surface area contributed by atoms with Gasteiger partial charge in [0, 0.05) is 22.9 Å². The predicted octanol–water partition coefficient (Wildman–Crippen LogP) is 12.0. The summed E-state index contributed by atoms with van der Waals surface area (Å²) in [7, 11) is 0. The molecule has 2 aliphatic rings. The van der Waals surface area contributed by atoms with E-state index in [1.54, 1.807) is 0 Å². The predicted molar refractivity (Wildman–Crippen MR) is 194 cm³/mol. The number of rotatable bonds is 2. The average molecular weight is 582 g/mol. The molecule has 212 valence electrons. The van der Waals surface area contributed by atoms with Crippen molar-refractivity contribution in [2.24, 2.45) is 0 Å². The Kier molecular flexibility index (Phi) is 4.69. The van der Waals surface area contributed by atoms with Crippen LogP contribution in [0.25, 0.3) is 93.5 Å². The van der Waals surface area contributed by atoms with E-state index in [0.717, 1.165) is 6.42 Å². The molecule has 0 unspecified atom stereocenters. The molecule has 1 aromatic heterocycles. The van der Waals surface area contributed by atoms with Crippen LogP contribution >= 0.6 is 0 Å². The number of hydrogen-bond donors (Lipinski definition) is 0. The zero-order valence-electron chi connectivity index (χ0n) is 25.1. The third-order valence-electron chi connectivity index (χ3n) is 10.6. The molecular formula is C45H27N. The molecule has 0 atom stereocenters. The van der Waals surface area contributed by atoms with Gasteiger partial charge in [-0.15, -0.1) is 0 Å². The van der Waals surface area contributed by atoms with Crippen molar-refractivity contribution in [2.75, 3.05) is 0 Å². The fraction of sp³-hybridized carbons (Fsp3) is 0.0222. The number of fused-ring (bicyclic) bond motifs is 11. The first-order chi connectivity index (χ1) is 22.8. The molecule has 0 saturated carbocycles. The van der Waals surface area contributed by atoms with Gasteiger partial charge in [0.2, 0.25) is 0 Å². The van der Waals surface area contributed by atoms with Gasteiger partial charge in [0.1, 0.15) is 0 Å². The molecule has 11 rings (SSSR count). The monoisotopic (exact) mass is 581 g/mol. The number of hydrogen-bond acceptors (Lipinski definition) is 0. The van der Waals surface area contributed by atoms with Crippen LogP contribution in [0.5, 0.6) is 0 Å². The highest BCUT2D eigenvalue weighted by molar-refractivity contribution is 6.19. The van der Waals surface area contributed by atoms with Crippen molar-refractivity contribution in [3.63, 3.8) is 0 Å². The van der Waals surface area contributed by atoms with E-state index in [9.17, 15) is 0 Å². The van der Waals surface area contributed by atoms with Gasteiger partial charge in [-0.1, -0.05) is 127 Å². The summed E-state index contributed by atoms with van der Waals surface area (Å²) in [6.07, 6.45) is 0.968. The lowest BCUT2D eigenvalue weighted by Crippen LogP contribution is -1.97. The van der Waals surface area contributed by atoms with Crippen molar-refractivity contribution in [2.45, 2.75) is 6.42 Å². The summed E-state index contributed by atoms with van der Waals surface area (Å²) in [6.45, 7) is 0. The van der Waals surface area contributed by atoms with Crippen LogP contribution in [0, 0.1) is 0 Å². The highest BCUT2D eigenvalue weighted by Gasteiger charge is 2.25. The van der Waals surface area contributed by atoms with Crippen LogP contribution in [0.4, 0.5) is 0 Å². The second-order valence-corrected chi connectivity index (χ2v) is 12.9. The van der Waals surface area contributed by atoms with E-state index in [2.05, 4.69) is 156 Å². The Morgan fingerprint density at radius 1 is 0.413 bits per heavy atom. The van der Waals surface area contributed by atoms with Crippen LogP contribution in [0.2, 0.25) is 0 Å². The summed E-state index contributed by atoms with van der Waals surface area (Å²) in [6, 6.07) is 56.6. The fourth-order valence-corrected chi connectivity index (χ4v) is 8.55. The largest absolute Gasteiger partial charge is 0.309 e. The minimum absolute atomic E-state index is 0.968. The molecule has 1 nitrogen and oxygen atoms in total. The molecule has 46 heavy (non-hydrogen) atoms. The summed E-state index contributed by atoms with van der Waals surface area (Å²) in [4.78, 5) is 0. The maximum atomic E-state index is 2.50. The van der Waals surface area contributed by atoms with Crippen LogP contribution in [-0.2, 0) is 6.42 Å². The third-order valence-corrected chi connectivity index (χ3v) is 10.6. The van der Waals surface area contributed by atoms with Crippen LogP contribution in [-0.4, -0.2) is 4.57 Å². The first-order valence-electron chi connectivity index (χ1n) is 16.2. The van der Waals surface area contributed by atoms with Gasteiger partial charge in [-0.3, -0.25) is 0 Å². The van der Waals surface area contributed by atoms with Gasteiger partial charge in [0.25, 0.3) is 0 Å². The Hall–Kier alpha value is -5.92. The zero-order valence-corrected chi connectivity index (χ0v) is 25.1. The quantitative estimate of drug-likeness (QED) is 0.191. The Morgan fingerprint density at radius 2 is 1.09 bits per heavy atom. The number of nitrogens with zero attached hydrogens (tertiary/aromatic N) is 1. The Labute approximate surface area is 266 Å². The van der Waals surface area contributed by atoms with Crippen LogP contribution < -0.4 is 0 Å². The van der Waals surface area contributed by atoms with Crippen LogP contribution in [0.1, 0.15) is 11.1 Å². The second-order valence-electron chi connectivity index (χ2n) is 12.9. The lowest BCUT2D eigenvalue weighted by Gasteiger charge is -2.13. The molecule has 0 aliphatic heterocycles. The van der Waals surface area contributed by atoms with E-state index in [1.165, 1.54) is 105 Å². The van der Waals surface area contributed by atoms with Gasteiger partial charge < -0.3 is 4.57 Å². The molecule has 0 spiro atoms. The lowest BCUT2D eigenvalue weighted by atomic mass is 9.93. The standard InChI is InChI=1S/C45H27N/c1-2-9-32-29(8-1)26-42-36(32)21-23-41-37-12-5-6-15-43(37)46(45(41)42)31-19-18-27-24-30(17-16-28(27)25-31)33-20-22-40-35-11-4-3-10-34(35)39-14-7-13-38(33)44(39)40/h1-25H,26H2. The van der Waals surface area contributed by atoms with Gasteiger partial charge in [0.05, 0.1) is 11.0 Å². The molecule has 0 radical (unpaired) electrons. The number of aromatic nitrogens is 1. The van der Waals surface area contributed by atoms with Crippen molar-refractivity contribution >= 4 is 43.4 Å². The third kappa shape index (κ3) is 3.14. The van der Waals surface area contributed by atoms with Crippen LogP contribution in [0.3, 0.4) is 0 Å². The summed E-state index contributed by atoms with van der Waals surface area (Å²) < 4.78 is 2.50. The molecule has 8 aromatic carbocycles. The van der Waals surface area contributed by atoms with E-state index in [1.807, 2.05) is 0 Å². The van der Waals surface area contributed by atoms with Crippen molar-refractivity contribution in [3.05, 3.63) is 163 Å². The van der Waals surface area contributed by atoms with Gasteiger partial charge in [-0.2, -0.15) is 0 Å². The summed E-state index contributed by atoms with van der Waals surface area (Å²) in [5, 5.41) is 7.83. The van der Waals surface area contributed by atoms with E-state index in [4.69, 9.17) is 0 Å². The van der Waals surface area contributed by atoms with Crippen molar-refractivity contribution in [1.82, 2.24) is 4.57 Å². The van der Waals surface area contributed by atoms with Crippen molar-refractivity contribution < 1.29 is 0 Å². The summed E-state index contributed by atoms with van der Waals surface area (Å²) in [5.41, 5.74) is 17.3. The maximum Gasteiger partial charge on any atom is 0.0582 e. The Morgan fingerprint density at radius 3 is 2.00 bits per heavy atom. The summed E-state index contributed by atoms with van der Waals surface area (Å²) >= 11 is 0. The number of para-hydroxylation sites is 1. The molecule has 0 saturated heterocycles. The number of benzene rings is 8. The van der Waals surface area contributed by atoms with Gasteiger partial charge in [-0.05, 0) is 101 Å². The molecule has 0 fully saturated rings. The maximum absolute atomic E-state index is 2.50. The normalized spacial score (nSPS) is 12.7. The molecule has 0 amide bonds. The van der Waals surface area contributed by atoms with E-state index >= 15 is 0 Å². The molecule has 1 heteroatoms. The Balaban J connectivity index is 1.09. The van der Waals surface area contributed by atoms with Gasteiger partial charge in [-0.25, -0.2) is 0 Å². The topological polar surface area (TPSA) is 4.93 Å². The average Bonchev–Trinajstić information content (AvgIpc) is 3.77. The minimum atomic E-state index is 0.968. The highest BCUT2D eigenvalue weighted by atomic mass is 15.0. The molecule has 0 N–H and O–H groups in total. The Bertz CT molecular complexity index is 2750. The SMILES string of the molecule is c1ccc2c(c1)Cc1c-2ccc2c3ccccc3n(-c3ccc4cc(-c5ccc6c7c(cccc57)-c5ccccc5-6)ccc4c3)c12. The van der Waals surface area contributed by atoms with E-state index < -0.39 is 0 Å². The van der Waals surface area contributed by atoms with Crippen LogP contribution in [0.15, 0.2) is 152 Å². The second kappa shape index (κ2) is 8.84. The molecule has 9 aromatic rings. The van der Waals surface area contributed by atoms with Gasteiger partial charge in [0.15, 0.2) is 0 Å². The van der Waals surface area contributed by atoms with Crippen molar-refractivity contribution in [1.29, 1.82) is 0 Å². The van der Waals surface area contributed by atoms with Crippen molar-refractivity contribution in [3.8, 4) is 50.2 Å².